The van der Waals surface area contributed by atoms with Crippen molar-refractivity contribution in [3.63, 3.8) is 0 Å². The summed E-state index contributed by atoms with van der Waals surface area (Å²) in [6.07, 6.45) is 0.758. The Morgan fingerprint density at radius 2 is 1.76 bits per heavy atom. The third-order valence-corrected chi connectivity index (χ3v) is 4.75. The van der Waals surface area contributed by atoms with Crippen molar-refractivity contribution in [2.45, 2.75) is 31.4 Å². The molecule has 2 aromatic rings. The van der Waals surface area contributed by atoms with Crippen molar-refractivity contribution in [3.8, 4) is 0 Å². The monoisotopic (exact) mass is 305 g/mol. The van der Waals surface area contributed by atoms with Crippen LogP contribution in [0.5, 0.6) is 0 Å². The number of rotatable bonds is 6. The van der Waals surface area contributed by atoms with Crippen LogP contribution in [0.2, 0.25) is 0 Å². The third-order valence-electron chi connectivity index (χ3n) is 3.35. The van der Waals surface area contributed by atoms with E-state index in [1.807, 2.05) is 37.3 Å². The van der Waals surface area contributed by atoms with Crippen LogP contribution >= 0.6 is 0 Å². The van der Waals surface area contributed by atoms with Crippen molar-refractivity contribution in [2.24, 2.45) is 0 Å². The van der Waals surface area contributed by atoms with Gasteiger partial charge >= 0.3 is 0 Å². The molecule has 0 bridgehead atoms. The lowest BCUT2D eigenvalue weighted by molar-refractivity contribution is 0.280. The molecule has 0 spiro atoms. The molecule has 0 aromatic heterocycles. The summed E-state index contributed by atoms with van der Waals surface area (Å²) >= 11 is 0. The first-order valence-electron chi connectivity index (χ1n) is 6.83. The van der Waals surface area contributed by atoms with Gasteiger partial charge in [-0.15, -0.1) is 0 Å². The lowest BCUT2D eigenvalue weighted by Crippen LogP contribution is -2.23. The number of hydrogen-bond donors (Lipinski definition) is 2. The van der Waals surface area contributed by atoms with E-state index in [4.69, 9.17) is 0 Å². The maximum atomic E-state index is 12.3. The van der Waals surface area contributed by atoms with Crippen molar-refractivity contribution in [1.29, 1.82) is 0 Å². The second kappa shape index (κ2) is 6.85. The Morgan fingerprint density at radius 3 is 2.38 bits per heavy atom. The zero-order valence-corrected chi connectivity index (χ0v) is 12.7. The molecule has 0 heterocycles. The average molecular weight is 305 g/mol. The van der Waals surface area contributed by atoms with Gasteiger partial charge in [0, 0.05) is 6.54 Å². The molecule has 0 aliphatic carbocycles. The molecular formula is C16H19NO3S. The molecule has 0 unspecified atom stereocenters. The third kappa shape index (κ3) is 3.91. The molecule has 5 heteroatoms. The van der Waals surface area contributed by atoms with Crippen molar-refractivity contribution >= 4 is 10.0 Å². The summed E-state index contributed by atoms with van der Waals surface area (Å²) in [5, 5.41) is 9.33. The van der Waals surface area contributed by atoms with Crippen LogP contribution in [0.4, 0.5) is 0 Å². The zero-order chi connectivity index (χ0) is 15.3. The van der Waals surface area contributed by atoms with Crippen LogP contribution in [-0.2, 0) is 29.6 Å². The summed E-state index contributed by atoms with van der Waals surface area (Å²) in [6.45, 7) is 2.05. The van der Waals surface area contributed by atoms with E-state index in [0.29, 0.717) is 5.56 Å². The largest absolute Gasteiger partial charge is 0.392 e. The molecule has 4 nitrogen and oxygen atoms in total. The van der Waals surface area contributed by atoms with Gasteiger partial charge in [-0.2, -0.15) is 0 Å². The summed E-state index contributed by atoms with van der Waals surface area (Å²) in [7, 11) is -3.58. The van der Waals surface area contributed by atoms with Gasteiger partial charge in [0.1, 0.15) is 0 Å². The van der Waals surface area contributed by atoms with Gasteiger partial charge in [-0.3, -0.25) is 0 Å². The van der Waals surface area contributed by atoms with Gasteiger partial charge in [0.25, 0.3) is 0 Å². The molecule has 0 aliphatic rings. The SMILES string of the molecule is CCc1ccc(S(=O)(=O)NCc2ccccc2)cc1CO. The minimum atomic E-state index is -3.58. The Hall–Kier alpha value is -1.69. The Labute approximate surface area is 125 Å². The fraction of sp³-hybridized carbons (Fsp3) is 0.250. The molecule has 0 saturated carbocycles. The van der Waals surface area contributed by atoms with Crippen molar-refractivity contribution in [3.05, 3.63) is 65.2 Å². The predicted molar refractivity (Wildman–Crippen MR) is 82.2 cm³/mol. The van der Waals surface area contributed by atoms with E-state index in [0.717, 1.165) is 17.5 Å². The number of benzene rings is 2. The molecule has 0 aliphatic heterocycles. The first-order chi connectivity index (χ1) is 10.1. The Morgan fingerprint density at radius 1 is 1.05 bits per heavy atom. The Bertz CT molecular complexity index is 697. The van der Waals surface area contributed by atoms with E-state index in [9.17, 15) is 13.5 Å². The van der Waals surface area contributed by atoms with E-state index in [1.54, 1.807) is 12.1 Å². The minimum absolute atomic E-state index is 0.161. The summed E-state index contributed by atoms with van der Waals surface area (Å²) < 4.78 is 27.1. The van der Waals surface area contributed by atoms with Crippen LogP contribution in [0.15, 0.2) is 53.4 Å². The highest BCUT2D eigenvalue weighted by Gasteiger charge is 2.15. The second-order valence-corrected chi connectivity index (χ2v) is 6.52. The Balaban J connectivity index is 2.19. The van der Waals surface area contributed by atoms with Gasteiger partial charge < -0.3 is 5.11 Å². The standard InChI is InChI=1S/C16H19NO3S/c1-2-14-8-9-16(10-15(14)12-18)21(19,20)17-11-13-6-4-3-5-7-13/h3-10,17-18H,2,11-12H2,1H3. The molecule has 21 heavy (non-hydrogen) atoms. The summed E-state index contributed by atoms with van der Waals surface area (Å²) in [6, 6.07) is 14.2. The van der Waals surface area contributed by atoms with Crippen LogP contribution in [-0.4, -0.2) is 13.5 Å². The first kappa shape index (κ1) is 15.7. The van der Waals surface area contributed by atoms with Crippen molar-refractivity contribution in [2.75, 3.05) is 0 Å². The van der Waals surface area contributed by atoms with Gasteiger partial charge in [0.05, 0.1) is 11.5 Å². The molecule has 0 atom stereocenters. The minimum Gasteiger partial charge on any atom is -0.392 e. The average Bonchev–Trinajstić information content (AvgIpc) is 2.53. The van der Waals surface area contributed by atoms with Gasteiger partial charge in [-0.1, -0.05) is 43.3 Å². The van der Waals surface area contributed by atoms with E-state index >= 15 is 0 Å². The molecule has 2 N–H and O–H groups in total. The number of aliphatic hydroxyl groups is 1. The number of aryl methyl sites for hydroxylation is 1. The number of aliphatic hydroxyl groups excluding tert-OH is 1. The molecule has 2 rings (SSSR count). The molecule has 112 valence electrons. The number of sulfonamides is 1. The molecule has 2 aromatic carbocycles. The smallest absolute Gasteiger partial charge is 0.240 e. The van der Waals surface area contributed by atoms with Crippen LogP contribution in [0.25, 0.3) is 0 Å². The molecular weight excluding hydrogens is 286 g/mol. The maximum absolute atomic E-state index is 12.3. The van der Waals surface area contributed by atoms with Crippen LogP contribution in [0.3, 0.4) is 0 Å². The van der Waals surface area contributed by atoms with Crippen LogP contribution in [0.1, 0.15) is 23.6 Å². The fourth-order valence-corrected chi connectivity index (χ4v) is 3.19. The summed E-state index contributed by atoms with van der Waals surface area (Å²) in [5.74, 6) is 0. The molecule has 0 saturated heterocycles. The quantitative estimate of drug-likeness (QED) is 0.860. The fourth-order valence-electron chi connectivity index (χ4n) is 2.12. The highest BCUT2D eigenvalue weighted by molar-refractivity contribution is 7.89. The van der Waals surface area contributed by atoms with Crippen LogP contribution in [0, 0.1) is 0 Å². The van der Waals surface area contributed by atoms with Crippen molar-refractivity contribution in [1.82, 2.24) is 4.72 Å². The summed E-state index contributed by atoms with van der Waals surface area (Å²) in [4.78, 5) is 0.180. The normalized spacial score (nSPS) is 11.5. The number of nitrogens with one attached hydrogen (secondary N) is 1. The molecule has 0 fully saturated rings. The van der Waals surface area contributed by atoms with Crippen LogP contribution < -0.4 is 4.72 Å². The van der Waals surface area contributed by atoms with E-state index in [-0.39, 0.29) is 18.0 Å². The topological polar surface area (TPSA) is 66.4 Å². The van der Waals surface area contributed by atoms with Gasteiger partial charge in [-0.25, -0.2) is 13.1 Å². The van der Waals surface area contributed by atoms with E-state index < -0.39 is 10.0 Å². The Kier molecular flexibility index (Phi) is 5.12. The molecule has 0 radical (unpaired) electrons. The van der Waals surface area contributed by atoms with E-state index in [1.165, 1.54) is 6.07 Å². The first-order valence-corrected chi connectivity index (χ1v) is 8.31. The zero-order valence-electron chi connectivity index (χ0n) is 11.9. The predicted octanol–water partition coefficient (Wildman–Crippen LogP) is 2.22. The second-order valence-electron chi connectivity index (χ2n) is 4.75. The van der Waals surface area contributed by atoms with Gasteiger partial charge in [-0.05, 0) is 35.2 Å². The summed E-state index contributed by atoms with van der Waals surface area (Å²) in [5.41, 5.74) is 2.51. The highest BCUT2D eigenvalue weighted by Crippen LogP contribution is 2.17. The lowest BCUT2D eigenvalue weighted by atomic mass is 10.1. The van der Waals surface area contributed by atoms with E-state index in [2.05, 4.69) is 4.72 Å². The maximum Gasteiger partial charge on any atom is 0.240 e. The van der Waals surface area contributed by atoms with Gasteiger partial charge in [0.15, 0.2) is 0 Å². The van der Waals surface area contributed by atoms with Gasteiger partial charge in [0.2, 0.25) is 10.0 Å². The highest BCUT2D eigenvalue weighted by atomic mass is 32.2. The lowest BCUT2D eigenvalue weighted by Gasteiger charge is -2.10. The molecule has 0 amide bonds. The number of hydrogen-bond acceptors (Lipinski definition) is 3. The van der Waals surface area contributed by atoms with Crippen molar-refractivity contribution < 1.29 is 13.5 Å².